The largest absolute Gasteiger partial charge is 0.871 e. The number of anilines is 2. The maximum Gasteiger partial charge on any atom is 0.401 e. The quantitative estimate of drug-likeness (QED) is 0.440. The number of carbonyl (C=O) groups is 2. The number of amides is 1. The van der Waals surface area contributed by atoms with Crippen LogP contribution in [0, 0.1) is 5.41 Å². The van der Waals surface area contributed by atoms with Gasteiger partial charge in [-0.3, -0.25) is 9.59 Å². The summed E-state index contributed by atoms with van der Waals surface area (Å²) in [4.78, 5) is 28.6. The molecule has 1 amide bonds. The van der Waals surface area contributed by atoms with Gasteiger partial charge in [0.05, 0.1) is 5.69 Å². The summed E-state index contributed by atoms with van der Waals surface area (Å²) in [6.45, 7) is 18.6. The van der Waals surface area contributed by atoms with Gasteiger partial charge in [0, 0.05) is 61.7 Å². The van der Waals surface area contributed by atoms with E-state index in [1.807, 2.05) is 67.5 Å². The molecule has 0 saturated carbocycles. The van der Waals surface area contributed by atoms with Gasteiger partial charge in [-0.2, -0.15) is 0 Å². The van der Waals surface area contributed by atoms with Gasteiger partial charge >= 0.3 is 5.90 Å². The number of aliphatic hydroxyl groups is 1. The minimum atomic E-state index is -0.623. The van der Waals surface area contributed by atoms with Crippen LogP contribution in [0.4, 0.5) is 11.4 Å². The summed E-state index contributed by atoms with van der Waals surface area (Å²) < 4.78 is 1.42. The number of hydrogen-bond acceptors (Lipinski definition) is 5. The van der Waals surface area contributed by atoms with Crippen molar-refractivity contribution in [2.75, 3.05) is 23.3 Å². The number of benzene rings is 1. The second-order valence-corrected chi connectivity index (χ2v) is 10.9. The Kier molecular flexibility index (Phi) is 7.22. The maximum atomic E-state index is 13.4. The smallest absolute Gasteiger partial charge is 0.401 e. The predicted octanol–water partition coefficient (Wildman–Crippen LogP) is 4.02. The summed E-state index contributed by atoms with van der Waals surface area (Å²) in [5.41, 5.74) is 1.05. The van der Waals surface area contributed by atoms with Crippen molar-refractivity contribution in [3.05, 3.63) is 40.7 Å². The van der Waals surface area contributed by atoms with Crippen molar-refractivity contribution in [2.45, 2.75) is 74.3 Å². The Morgan fingerprint density at radius 1 is 1.08 bits per heavy atom. The molecule has 0 unspecified atom stereocenters. The standard InChI is InChI=1S/C28H38N4O4/c1-10-28(8,9)26(36)29-19-15-17(31(11-2)12-3)13-14-18(19)21-23(33)22(24(21)34)20-16(4)30-32(25(20)35)27(5,6)7/h13-15H,10-12H2,1-9H3,(H2,29,30,33,34,35,36). The molecule has 0 radical (unpaired) electrons. The van der Waals surface area contributed by atoms with Crippen molar-refractivity contribution in [1.82, 2.24) is 0 Å². The zero-order chi connectivity index (χ0) is 27.2. The lowest BCUT2D eigenvalue weighted by Crippen LogP contribution is -2.36. The van der Waals surface area contributed by atoms with E-state index in [9.17, 15) is 19.8 Å². The van der Waals surface area contributed by atoms with Crippen LogP contribution < -0.4 is 15.3 Å². The summed E-state index contributed by atoms with van der Waals surface area (Å²) in [6, 6.07) is 5.39. The van der Waals surface area contributed by atoms with Gasteiger partial charge in [-0.1, -0.05) is 32.6 Å². The van der Waals surface area contributed by atoms with E-state index in [0.717, 1.165) is 18.8 Å². The van der Waals surface area contributed by atoms with Gasteiger partial charge in [-0.05, 0) is 49.1 Å². The van der Waals surface area contributed by atoms with Crippen LogP contribution in [-0.2, 0) is 9.59 Å². The van der Waals surface area contributed by atoms with Crippen LogP contribution in [0.5, 0.6) is 0 Å². The molecule has 194 valence electrons. The molecule has 0 atom stereocenters. The number of rotatable bonds is 7. The molecular weight excluding hydrogens is 456 g/mol. The first kappa shape index (κ1) is 27.2. The Hall–Kier alpha value is -3.42. The van der Waals surface area contributed by atoms with Crippen LogP contribution in [-0.4, -0.2) is 51.7 Å². The molecule has 0 aromatic heterocycles. The van der Waals surface area contributed by atoms with E-state index >= 15 is 0 Å². The molecule has 2 aliphatic rings. The number of aliphatic hydroxyl groups excluding tert-OH is 1. The highest BCUT2D eigenvalue weighted by Crippen LogP contribution is 2.42. The fraction of sp³-hybridized carbons (Fsp3) is 0.500. The number of nitrogens with one attached hydrogen (secondary N) is 1. The lowest BCUT2D eigenvalue weighted by Gasteiger charge is -2.33. The summed E-state index contributed by atoms with van der Waals surface area (Å²) in [7, 11) is 0. The van der Waals surface area contributed by atoms with Gasteiger partial charge in [0.2, 0.25) is 5.91 Å². The van der Waals surface area contributed by atoms with E-state index < -0.39 is 22.5 Å². The fourth-order valence-corrected chi connectivity index (χ4v) is 4.23. The van der Waals surface area contributed by atoms with Crippen molar-refractivity contribution < 1.29 is 24.5 Å². The van der Waals surface area contributed by atoms with Crippen molar-refractivity contribution >= 4 is 40.2 Å². The Labute approximate surface area is 213 Å². The molecule has 3 rings (SSSR count). The van der Waals surface area contributed by atoms with E-state index in [1.165, 1.54) is 4.68 Å². The average molecular weight is 495 g/mol. The highest BCUT2D eigenvalue weighted by molar-refractivity contribution is 6.43. The lowest BCUT2D eigenvalue weighted by atomic mass is 9.79. The third-order valence-corrected chi connectivity index (χ3v) is 6.98. The lowest BCUT2D eigenvalue weighted by molar-refractivity contribution is -0.605. The highest BCUT2D eigenvalue weighted by Gasteiger charge is 2.44. The minimum Gasteiger partial charge on any atom is -0.871 e. The Morgan fingerprint density at radius 3 is 2.17 bits per heavy atom. The molecular formula is C28H38N4O4. The van der Waals surface area contributed by atoms with Crippen LogP contribution in [0.25, 0.3) is 5.57 Å². The van der Waals surface area contributed by atoms with Gasteiger partial charge < -0.3 is 20.4 Å². The molecule has 0 fully saturated rings. The van der Waals surface area contributed by atoms with Crippen LogP contribution in [0.15, 0.2) is 40.2 Å². The summed E-state index contributed by atoms with van der Waals surface area (Å²) in [5, 5.41) is 31.5. The van der Waals surface area contributed by atoms with Gasteiger partial charge in [0.25, 0.3) is 0 Å². The molecule has 0 saturated heterocycles. The zero-order valence-corrected chi connectivity index (χ0v) is 22.9. The van der Waals surface area contributed by atoms with Crippen LogP contribution >= 0.6 is 0 Å². The number of allylic oxidation sites excluding steroid dienone is 2. The third-order valence-electron chi connectivity index (χ3n) is 6.98. The van der Waals surface area contributed by atoms with Crippen LogP contribution in [0.2, 0.25) is 0 Å². The number of Topliss-reactive ketones (excluding diaryl/α,β-unsaturated/α-hetero) is 1. The molecule has 8 nitrogen and oxygen atoms in total. The molecule has 2 N–H and O–H groups in total. The SMILES string of the molecule is CCN(CC)c1ccc(C2=C([O-])/C(=C3\C(C)=N[N+](C(C)(C)C)=C3O)C2=O)c(NC(=O)C(C)(C)CC)c1. The van der Waals surface area contributed by atoms with Gasteiger partial charge in [0.1, 0.15) is 11.3 Å². The molecule has 1 aromatic carbocycles. The summed E-state index contributed by atoms with van der Waals surface area (Å²) in [6.07, 6.45) is 0.632. The molecule has 1 aliphatic carbocycles. The van der Waals surface area contributed by atoms with E-state index in [2.05, 4.69) is 15.3 Å². The number of ketones is 1. The van der Waals surface area contributed by atoms with Gasteiger partial charge in [-0.15, -0.1) is 0 Å². The van der Waals surface area contributed by atoms with Crippen molar-refractivity contribution in [3.63, 3.8) is 0 Å². The van der Waals surface area contributed by atoms with E-state index in [4.69, 9.17) is 0 Å². The first-order valence-corrected chi connectivity index (χ1v) is 12.5. The van der Waals surface area contributed by atoms with Gasteiger partial charge in [-0.25, -0.2) is 0 Å². The molecule has 8 heteroatoms. The Bertz CT molecular complexity index is 1240. The third kappa shape index (κ3) is 4.56. The van der Waals surface area contributed by atoms with E-state index in [0.29, 0.717) is 23.4 Å². The average Bonchev–Trinajstić information content (AvgIpc) is 3.10. The maximum absolute atomic E-state index is 13.4. The summed E-state index contributed by atoms with van der Waals surface area (Å²) >= 11 is 0. The second kappa shape index (κ2) is 9.56. The fourth-order valence-electron chi connectivity index (χ4n) is 4.23. The number of hydrogen-bond donors (Lipinski definition) is 2. The number of carbonyl (C=O) groups excluding carboxylic acids is 2. The number of hydrazone groups is 1. The van der Waals surface area contributed by atoms with Crippen LogP contribution in [0.3, 0.4) is 0 Å². The molecule has 36 heavy (non-hydrogen) atoms. The molecule has 0 spiro atoms. The Morgan fingerprint density at radius 2 is 1.69 bits per heavy atom. The first-order chi connectivity index (χ1) is 16.7. The Balaban J connectivity index is 2.17. The van der Waals surface area contributed by atoms with Crippen molar-refractivity contribution in [2.24, 2.45) is 10.5 Å². The normalized spacial score (nSPS) is 18.5. The van der Waals surface area contributed by atoms with Crippen molar-refractivity contribution in [3.8, 4) is 0 Å². The van der Waals surface area contributed by atoms with Gasteiger partial charge in [0.15, 0.2) is 11.3 Å². The van der Waals surface area contributed by atoms with E-state index in [-0.39, 0.29) is 28.5 Å². The monoisotopic (exact) mass is 494 g/mol. The first-order valence-electron chi connectivity index (χ1n) is 12.5. The van der Waals surface area contributed by atoms with E-state index in [1.54, 1.807) is 13.0 Å². The highest BCUT2D eigenvalue weighted by atomic mass is 16.3. The molecule has 1 heterocycles. The van der Waals surface area contributed by atoms with Crippen molar-refractivity contribution in [1.29, 1.82) is 0 Å². The predicted molar refractivity (Wildman–Crippen MR) is 142 cm³/mol. The number of nitrogens with zero attached hydrogens (tertiary/aromatic N) is 3. The molecule has 1 aliphatic heterocycles. The summed E-state index contributed by atoms with van der Waals surface area (Å²) in [5.74, 6) is -1.32. The minimum absolute atomic E-state index is 0.00279. The topological polar surface area (TPSA) is 108 Å². The zero-order valence-electron chi connectivity index (χ0n) is 22.9. The van der Waals surface area contributed by atoms with Crippen LogP contribution in [0.1, 0.15) is 74.3 Å². The molecule has 1 aromatic rings. The molecule has 0 bridgehead atoms. The second-order valence-electron chi connectivity index (χ2n) is 10.9.